The van der Waals surface area contributed by atoms with Gasteiger partial charge in [0.2, 0.25) is 0 Å². The van der Waals surface area contributed by atoms with Gasteiger partial charge in [0, 0.05) is 25.3 Å². The van der Waals surface area contributed by atoms with Crippen LogP contribution in [-0.4, -0.2) is 18.0 Å². The largest absolute Gasteiger partial charge is 0.398 e. The topological polar surface area (TPSA) is 29.3 Å². The lowest BCUT2D eigenvalue weighted by molar-refractivity contribution is 0.245. The maximum absolute atomic E-state index is 6.30. The molecule has 0 radical (unpaired) electrons. The molecular weight excluding hydrogens is 256 g/mol. The molecule has 0 unspecified atom stereocenters. The van der Waals surface area contributed by atoms with Crippen LogP contribution in [0.15, 0.2) is 36.4 Å². The van der Waals surface area contributed by atoms with Gasteiger partial charge in [0.05, 0.1) is 0 Å². The fourth-order valence-corrected chi connectivity index (χ4v) is 3.22. The average Bonchev–Trinajstić information content (AvgIpc) is 3.36. The van der Waals surface area contributed by atoms with E-state index in [1.165, 1.54) is 55.1 Å². The van der Waals surface area contributed by atoms with E-state index in [0.29, 0.717) is 0 Å². The summed E-state index contributed by atoms with van der Waals surface area (Å²) in [5.41, 5.74) is 8.55. The molecule has 2 N–H and O–H groups in total. The number of hydrogen-bond donors (Lipinski definition) is 1. The van der Waals surface area contributed by atoms with Crippen molar-refractivity contribution in [3.05, 3.63) is 42.0 Å². The number of anilines is 1. The van der Waals surface area contributed by atoms with Crippen LogP contribution in [-0.2, 0) is 6.54 Å². The standard InChI is InChI=1S/C19H24N2/c20-19-10-17-4-2-1-3-16(17)9-18(19)13-21(11-14-5-6-14)12-15-7-8-15/h1-4,9-10,14-15H,5-8,11-13,20H2. The minimum Gasteiger partial charge on any atom is -0.398 e. The molecule has 2 fully saturated rings. The molecule has 2 aromatic carbocycles. The average molecular weight is 280 g/mol. The Bertz CT molecular complexity index is 627. The second-order valence-corrected chi connectivity index (χ2v) is 6.98. The fourth-order valence-electron chi connectivity index (χ4n) is 3.22. The second kappa shape index (κ2) is 5.34. The van der Waals surface area contributed by atoms with Crippen LogP contribution in [0.5, 0.6) is 0 Å². The van der Waals surface area contributed by atoms with E-state index < -0.39 is 0 Å². The number of rotatable bonds is 6. The Balaban J connectivity index is 1.56. The molecule has 2 saturated carbocycles. The predicted molar refractivity (Wildman–Crippen MR) is 89.1 cm³/mol. The lowest BCUT2D eigenvalue weighted by atomic mass is 10.0. The third-order valence-electron chi connectivity index (χ3n) is 4.83. The molecule has 0 heterocycles. The van der Waals surface area contributed by atoms with Gasteiger partial charge in [-0.15, -0.1) is 0 Å². The lowest BCUT2D eigenvalue weighted by Crippen LogP contribution is -2.28. The molecule has 2 aliphatic rings. The molecule has 0 atom stereocenters. The van der Waals surface area contributed by atoms with Gasteiger partial charge in [-0.25, -0.2) is 0 Å². The zero-order valence-electron chi connectivity index (χ0n) is 12.6. The molecule has 2 heteroatoms. The van der Waals surface area contributed by atoms with Gasteiger partial charge in [0.1, 0.15) is 0 Å². The quantitative estimate of drug-likeness (QED) is 0.809. The first kappa shape index (κ1) is 13.1. The predicted octanol–water partition coefficient (Wildman–Crippen LogP) is 4.04. The van der Waals surface area contributed by atoms with Crippen molar-refractivity contribution in [3.63, 3.8) is 0 Å². The monoisotopic (exact) mass is 280 g/mol. The van der Waals surface area contributed by atoms with E-state index in [2.05, 4.69) is 41.3 Å². The molecule has 21 heavy (non-hydrogen) atoms. The van der Waals surface area contributed by atoms with Gasteiger partial charge in [-0.2, -0.15) is 0 Å². The highest BCUT2D eigenvalue weighted by atomic mass is 15.1. The van der Waals surface area contributed by atoms with Crippen LogP contribution >= 0.6 is 0 Å². The maximum atomic E-state index is 6.30. The summed E-state index contributed by atoms with van der Waals surface area (Å²) < 4.78 is 0. The molecule has 2 nitrogen and oxygen atoms in total. The molecule has 110 valence electrons. The summed E-state index contributed by atoms with van der Waals surface area (Å²) in [5, 5.41) is 2.55. The highest BCUT2D eigenvalue weighted by Crippen LogP contribution is 2.35. The lowest BCUT2D eigenvalue weighted by Gasteiger charge is -2.23. The van der Waals surface area contributed by atoms with Crippen LogP contribution in [0, 0.1) is 11.8 Å². The van der Waals surface area contributed by atoms with Gasteiger partial charge < -0.3 is 5.73 Å². The van der Waals surface area contributed by atoms with Crippen molar-refractivity contribution in [2.75, 3.05) is 18.8 Å². The first-order valence-electron chi connectivity index (χ1n) is 8.27. The molecular formula is C19H24N2. The summed E-state index contributed by atoms with van der Waals surface area (Å²) in [5.74, 6) is 1.90. The Morgan fingerprint density at radius 2 is 1.48 bits per heavy atom. The third kappa shape index (κ3) is 3.21. The summed E-state index contributed by atoms with van der Waals surface area (Å²) in [6.07, 6.45) is 5.70. The van der Waals surface area contributed by atoms with Crippen molar-refractivity contribution in [2.24, 2.45) is 11.8 Å². The normalized spacial score (nSPS) is 18.5. The van der Waals surface area contributed by atoms with Crippen LogP contribution in [0.4, 0.5) is 5.69 Å². The van der Waals surface area contributed by atoms with Crippen molar-refractivity contribution < 1.29 is 0 Å². The van der Waals surface area contributed by atoms with Gasteiger partial charge >= 0.3 is 0 Å². The molecule has 0 bridgehead atoms. The molecule has 2 aromatic rings. The number of hydrogen-bond acceptors (Lipinski definition) is 2. The molecule has 0 amide bonds. The van der Waals surface area contributed by atoms with Crippen molar-refractivity contribution in [2.45, 2.75) is 32.2 Å². The number of nitrogens with two attached hydrogens (primary N) is 1. The number of nitrogen functional groups attached to an aromatic ring is 1. The minimum absolute atomic E-state index is 0.949. The Hall–Kier alpha value is -1.54. The second-order valence-electron chi connectivity index (χ2n) is 6.98. The molecule has 0 aromatic heterocycles. The van der Waals surface area contributed by atoms with Gasteiger partial charge in [0.15, 0.2) is 0 Å². The summed E-state index contributed by atoms with van der Waals surface area (Å²) in [6, 6.07) is 12.9. The van der Waals surface area contributed by atoms with E-state index in [1.54, 1.807) is 0 Å². The maximum Gasteiger partial charge on any atom is 0.0366 e. The summed E-state index contributed by atoms with van der Waals surface area (Å²) >= 11 is 0. The number of nitrogens with zero attached hydrogens (tertiary/aromatic N) is 1. The summed E-state index contributed by atoms with van der Waals surface area (Å²) in [7, 11) is 0. The van der Waals surface area contributed by atoms with E-state index in [4.69, 9.17) is 5.73 Å². The molecule has 4 rings (SSSR count). The Morgan fingerprint density at radius 1 is 0.905 bits per heavy atom. The van der Waals surface area contributed by atoms with Crippen molar-refractivity contribution >= 4 is 16.5 Å². The molecule has 0 aliphatic heterocycles. The van der Waals surface area contributed by atoms with Gasteiger partial charge in [-0.05, 0) is 66.0 Å². The van der Waals surface area contributed by atoms with Crippen LogP contribution in [0.3, 0.4) is 0 Å². The smallest absolute Gasteiger partial charge is 0.0366 e. The van der Waals surface area contributed by atoms with Crippen LogP contribution in [0.1, 0.15) is 31.2 Å². The summed E-state index contributed by atoms with van der Waals surface area (Å²) in [6.45, 7) is 3.55. The highest BCUT2D eigenvalue weighted by molar-refractivity contribution is 5.86. The van der Waals surface area contributed by atoms with Gasteiger partial charge in [-0.3, -0.25) is 4.90 Å². The van der Waals surface area contributed by atoms with Crippen LogP contribution in [0.25, 0.3) is 10.8 Å². The van der Waals surface area contributed by atoms with Crippen molar-refractivity contribution in [3.8, 4) is 0 Å². The first-order chi connectivity index (χ1) is 10.3. The number of benzene rings is 2. The van der Waals surface area contributed by atoms with E-state index in [9.17, 15) is 0 Å². The van der Waals surface area contributed by atoms with Gasteiger partial charge in [-0.1, -0.05) is 24.3 Å². The number of fused-ring (bicyclic) bond motifs is 1. The Morgan fingerprint density at radius 3 is 2.05 bits per heavy atom. The van der Waals surface area contributed by atoms with E-state index in [-0.39, 0.29) is 0 Å². The van der Waals surface area contributed by atoms with Crippen molar-refractivity contribution in [1.29, 1.82) is 0 Å². The molecule has 0 spiro atoms. The van der Waals surface area contributed by atoms with Crippen molar-refractivity contribution in [1.82, 2.24) is 4.90 Å². The summed E-state index contributed by atoms with van der Waals surface area (Å²) in [4.78, 5) is 2.65. The SMILES string of the molecule is Nc1cc2ccccc2cc1CN(CC1CC1)CC1CC1. The van der Waals surface area contributed by atoms with E-state index in [0.717, 1.165) is 24.1 Å². The zero-order valence-corrected chi connectivity index (χ0v) is 12.6. The van der Waals surface area contributed by atoms with Crippen LogP contribution < -0.4 is 5.73 Å². The third-order valence-corrected chi connectivity index (χ3v) is 4.83. The molecule has 2 aliphatic carbocycles. The fraction of sp³-hybridized carbons (Fsp3) is 0.474. The first-order valence-corrected chi connectivity index (χ1v) is 8.27. The molecule has 0 saturated heterocycles. The Labute approximate surface area is 126 Å². The van der Waals surface area contributed by atoms with E-state index >= 15 is 0 Å². The minimum atomic E-state index is 0.949. The highest BCUT2D eigenvalue weighted by Gasteiger charge is 2.29. The van der Waals surface area contributed by atoms with Gasteiger partial charge in [0.25, 0.3) is 0 Å². The van der Waals surface area contributed by atoms with Crippen LogP contribution in [0.2, 0.25) is 0 Å². The van der Waals surface area contributed by atoms with E-state index in [1.807, 2.05) is 0 Å². The zero-order chi connectivity index (χ0) is 14.2. The Kier molecular flexibility index (Phi) is 3.34.